The Morgan fingerprint density at radius 1 is 1.21 bits per heavy atom. The number of piperidine rings is 3. The van der Waals surface area contributed by atoms with E-state index in [-0.39, 0.29) is 0 Å². The Labute approximate surface area is 172 Å². The van der Waals surface area contributed by atoms with Gasteiger partial charge in [0.1, 0.15) is 6.33 Å². The van der Waals surface area contributed by atoms with Crippen LogP contribution in [0.3, 0.4) is 0 Å². The number of nitrogens with zero attached hydrogens (tertiary/aromatic N) is 6. The van der Waals surface area contributed by atoms with Gasteiger partial charge in [-0.2, -0.15) is 10.1 Å². The molecule has 3 aliphatic rings. The highest BCUT2D eigenvalue weighted by atomic mass is 16.2. The third kappa shape index (κ3) is 3.65. The summed E-state index contributed by atoms with van der Waals surface area (Å²) >= 11 is 0. The lowest BCUT2D eigenvalue weighted by molar-refractivity contribution is -0.153. The summed E-state index contributed by atoms with van der Waals surface area (Å²) in [4.78, 5) is 26.2. The first-order chi connectivity index (χ1) is 14.2. The number of aromatic nitrogens is 4. The van der Waals surface area contributed by atoms with Crippen molar-refractivity contribution < 1.29 is 4.79 Å². The molecule has 0 aromatic carbocycles. The largest absolute Gasteiger partial charge is 0.336 e. The third-order valence-corrected chi connectivity index (χ3v) is 7.28. The van der Waals surface area contributed by atoms with Gasteiger partial charge < -0.3 is 9.80 Å². The SMILES string of the molecule is CCC[C@H]1[C@H]2C[C@H](CN(CCCc3cnc4ncnn4c3)C2)[C@@H]2CCCC(=O)N21. The van der Waals surface area contributed by atoms with Crippen LogP contribution in [0.25, 0.3) is 5.78 Å². The lowest BCUT2D eigenvalue weighted by Crippen LogP contribution is -2.65. The van der Waals surface area contributed by atoms with Gasteiger partial charge in [-0.15, -0.1) is 0 Å². The Morgan fingerprint density at radius 3 is 3.00 bits per heavy atom. The monoisotopic (exact) mass is 396 g/mol. The van der Waals surface area contributed by atoms with Gasteiger partial charge in [0.05, 0.1) is 0 Å². The van der Waals surface area contributed by atoms with Gasteiger partial charge in [0.15, 0.2) is 0 Å². The van der Waals surface area contributed by atoms with Crippen LogP contribution in [0.5, 0.6) is 0 Å². The van der Waals surface area contributed by atoms with E-state index in [0.29, 0.717) is 35.6 Å². The zero-order valence-corrected chi connectivity index (χ0v) is 17.4. The van der Waals surface area contributed by atoms with Crippen molar-refractivity contribution in [3.05, 3.63) is 24.3 Å². The summed E-state index contributed by atoms with van der Waals surface area (Å²) in [5.41, 5.74) is 1.22. The van der Waals surface area contributed by atoms with Crippen LogP contribution in [0.15, 0.2) is 18.7 Å². The van der Waals surface area contributed by atoms with E-state index in [0.717, 1.165) is 51.7 Å². The van der Waals surface area contributed by atoms with Crippen LogP contribution in [0.2, 0.25) is 0 Å². The molecule has 3 aliphatic heterocycles. The van der Waals surface area contributed by atoms with Crippen LogP contribution >= 0.6 is 0 Å². The fourth-order valence-corrected chi connectivity index (χ4v) is 6.12. The number of carbonyl (C=O) groups is 1. The zero-order valence-electron chi connectivity index (χ0n) is 17.4. The fraction of sp³-hybridized carbons (Fsp3) is 0.727. The minimum atomic E-state index is 0.429. The van der Waals surface area contributed by atoms with Gasteiger partial charge in [0, 0.05) is 44.0 Å². The lowest BCUT2D eigenvalue weighted by atomic mass is 9.71. The minimum absolute atomic E-state index is 0.429. The molecular formula is C22H32N6O. The van der Waals surface area contributed by atoms with E-state index < -0.39 is 0 Å². The molecule has 0 saturated carbocycles. The molecule has 3 saturated heterocycles. The van der Waals surface area contributed by atoms with Crippen molar-refractivity contribution >= 4 is 11.7 Å². The molecule has 2 bridgehead atoms. The highest BCUT2D eigenvalue weighted by Crippen LogP contribution is 2.42. The molecule has 3 fully saturated rings. The van der Waals surface area contributed by atoms with E-state index in [1.807, 2.05) is 12.4 Å². The molecule has 0 aliphatic carbocycles. The molecule has 29 heavy (non-hydrogen) atoms. The molecule has 5 heterocycles. The third-order valence-electron chi connectivity index (χ3n) is 7.28. The number of fused-ring (bicyclic) bond motifs is 5. The highest BCUT2D eigenvalue weighted by molar-refractivity contribution is 5.78. The van der Waals surface area contributed by atoms with Gasteiger partial charge in [-0.1, -0.05) is 13.3 Å². The molecule has 2 aromatic rings. The maximum atomic E-state index is 12.7. The van der Waals surface area contributed by atoms with E-state index >= 15 is 0 Å². The highest BCUT2D eigenvalue weighted by Gasteiger charge is 2.48. The van der Waals surface area contributed by atoms with Crippen molar-refractivity contribution in [2.45, 2.75) is 70.4 Å². The first-order valence-corrected chi connectivity index (χ1v) is 11.4. The Morgan fingerprint density at radius 2 is 2.10 bits per heavy atom. The molecule has 156 valence electrons. The summed E-state index contributed by atoms with van der Waals surface area (Å²) in [6.45, 7) is 5.69. The number of likely N-dealkylation sites (tertiary alicyclic amines) is 1. The first kappa shape index (κ1) is 19.0. The Hall–Kier alpha value is -2.02. The van der Waals surface area contributed by atoms with E-state index in [1.165, 1.54) is 24.8 Å². The molecule has 7 heteroatoms. The summed E-state index contributed by atoms with van der Waals surface area (Å²) in [6.07, 6.45) is 14.4. The number of aryl methyl sites for hydroxylation is 1. The fourth-order valence-electron chi connectivity index (χ4n) is 6.12. The summed E-state index contributed by atoms with van der Waals surface area (Å²) < 4.78 is 1.75. The molecule has 4 atom stereocenters. The first-order valence-electron chi connectivity index (χ1n) is 11.4. The maximum absolute atomic E-state index is 12.7. The van der Waals surface area contributed by atoms with Gasteiger partial charge in [-0.05, 0) is 62.5 Å². The standard InChI is InChI=1S/C22H32N6O/c1-2-5-19-17-10-18(20-7-3-8-21(29)28(19)20)14-26(13-17)9-4-6-16-11-23-22-24-15-25-27(22)12-16/h11-12,15,17-20H,2-10,13-14H2,1H3/t17-,18+,19-,20-/m0/s1. The van der Waals surface area contributed by atoms with Gasteiger partial charge in [-0.25, -0.2) is 9.50 Å². The molecule has 0 N–H and O–H groups in total. The Balaban J connectivity index is 1.23. The number of carbonyl (C=O) groups excluding carboxylic acids is 1. The number of hydrogen-bond acceptors (Lipinski definition) is 5. The average molecular weight is 397 g/mol. The molecule has 2 aromatic heterocycles. The van der Waals surface area contributed by atoms with E-state index in [2.05, 4.69) is 31.8 Å². The molecular weight excluding hydrogens is 364 g/mol. The van der Waals surface area contributed by atoms with E-state index in [9.17, 15) is 4.79 Å². The average Bonchev–Trinajstić information content (AvgIpc) is 3.19. The summed E-state index contributed by atoms with van der Waals surface area (Å²) in [7, 11) is 0. The predicted octanol–water partition coefficient (Wildman–Crippen LogP) is 2.56. The van der Waals surface area contributed by atoms with Gasteiger partial charge >= 0.3 is 0 Å². The van der Waals surface area contributed by atoms with Crippen molar-refractivity contribution in [1.29, 1.82) is 0 Å². The summed E-state index contributed by atoms with van der Waals surface area (Å²) in [5, 5.41) is 4.19. The zero-order chi connectivity index (χ0) is 19.8. The minimum Gasteiger partial charge on any atom is -0.336 e. The van der Waals surface area contributed by atoms with Crippen molar-refractivity contribution in [1.82, 2.24) is 29.4 Å². The second kappa shape index (κ2) is 8.01. The van der Waals surface area contributed by atoms with Gasteiger partial charge in [-0.3, -0.25) is 4.79 Å². The number of rotatable bonds is 6. The van der Waals surface area contributed by atoms with Crippen LogP contribution in [0.1, 0.15) is 57.4 Å². The van der Waals surface area contributed by atoms with Crippen LogP contribution in [-0.4, -0.2) is 67.0 Å². The lowest BCUT2D eigenvalue weighted by Gasteiger charge is -2.57. The van der Waals surface area contributed by atoms with E-state index in [1.54, 1.807) is 10.8 Å². The summed E-state index contributed by atoms with van der Waals surface area (Å²) in [6, 6.07) is 0.960. The van der Waals surface area contributed by atoms with Crippen LogP contribution in [0.4, 0.5) is 0 Å². The number of amides is 1. The normalized spacial score (nSPS) is 30.0. The Kier molecular flexibility index (Phi) is 5.24. The smallest absolute Gasteiger partial charge is 0.252 e. The van der Waals surface area contributed by atoms with Crippen LogP contribution in [0, 0.1) is 11.8 Å². The maximum Gasteiger partial charge on any atom is 0.252 e. The molecule has 0 radical (unpaired) electrons. The predicted molar refractivity (Wildman–Crippen MR) is 110 cm³/mol. The van der Waals surface area contributed by atoms with Crippen molar-refractivity contribution in [2.24, 2.45) is 11.8 Å². The molecule has 0 unspecified atom stereocenters. The van der Waals surface area contributed by atoms with Crippen molar-refractivity contribution in [3.8, 4) is 0 Å². The second-order valence-electron chi connectivity index (χ2n) is 9.20. The molecule has 1 amide bonds. The van der Waals surface area contributed by atoms with E-state index in [4.69, 9.17) is 0 Å². The Bertz CT molecular complexity index is 866. The molecule has 0 spiro atoms. The van der Waals surface area contributed by atoms with Crippen molar-refractivity contribution in [3.63, 3.8) is 0 Å². The number of hydrogen-bond donors (Lipinski definition) is 0. The topological polar surface area (TPSA) is 66.6 Å². The quantitative estimate of drug-likeness (QED) is 0.751. The van der Waals surface area contributed by atoms with Gasteiger partial charge in [0.25, 0.3) is 5.78 Å². The van der Waals surface area contributed by atoms with Crippen LogP contribution in [-0.2, 0) is 11.2 Å². The van der Waals surface area contributed by atoms with Crippen molar-refractivity contribution in [2.75, 3.05) is 19.6 Å². The van der Waals surface area contributed by atoms with Gasteiger partial charge in [0.2, 0.25) is 5.91 Å². The summed E-state index contributed by atoms with van der Waals surface area (Å²) in [5.74, 6) is 2.41. The van der Waals surface area contributed by atoms with Crippen LogP contribution < -0.4 is 0 Å². The molecule has 5 rings (SSSR count). The second-order valence-corrected chi connectivity index (χ2v) is 9.20. The molecule has 7 nitrogen and oxygen atoms in total.